The largest absolute Gasteiger partial charge is 0.388 e. The number of nitro benzene ring substituents is 1. The van der Waals surface area contributed by atoms with E-state index in [1.807, 2.05) is 0 Å². The van der Waals surface area contributed by atoms with E-state index in [4.69, 9.17) is 0 Å². The van der Waals surface area contributed by atoms with Crippen LogP contribution in [0, 0.1) is 15.9 Å². The molecular formula is C11H13FN2O5. The minimum Gasteiger partial charge on any atom is -0.388 e. The molecule has 1 aromatic carbocycles. The number of nitrogens with one attached hydrogen (secondary N) is 1. The number of aliphatic hydroxyl groups excluding tert-OH is 2. The summed E-state index contributed by atoms with van der Waals surface area (Å²) in [6, 6.07) is 2.55. The fourth-order valence-electron chi connectivity index (χ4n) is 1.45. The van der Waals surface area contributed by atoms with Gasteiger partial charge < -0.3 is 15.5 Å². The van der Waals surface area contributed by atoms with Crippen LogP contribution >= 0.6 is 0 Å². The predicted octanol–water partition coefficient (Wildman–Crippen LogP) is 0.264. The van der Waals surface area contributed by atoms with Crippen molar-refractivity contribution in [3.05, 3.63) is 39.7 Å². The number of rotatable bonds is 5. The van der Waals surface area contributed by atoms with Crippen molar-refractivity contribution in [2.45, 2.75) is 19.1 Å². The molecule has 7 nitrogen and oxygen atoms in total. The lowest BCUT2D eigenvalue weighted by Gasteiger charge is -2.18. The maximum Gasteiger partial charge on any atom is 0.272 e. The van der Waals surface area contributed by atoms with Crippen molar-refractivity contribution < 1.29 is 24.3 Å². The van der Waals surface area contributed by atoms with Crippen LogP contribution in [0.4, 0.5) is 10.1 Å². The van der Waals surface area contributed by atoms with Gasteiger partial charge in [0, 0.05) is 19.5 Å². The average Bonchev–Trinajstić information content (AvgIpc) is 2.34. The number of carbonyl (C=O) groups is 1. The van der Waals surface area contributed by atoms with Gasteiger partial charge in [0.2, 0.25) is 5.91 Å². The molecule has 0 aliphatic carbocycles. The molecule has 0 spiro atoms. The molecule has 2 unspecified atom stereocenters. The van der Waals surface area contributed by atoms with Crippen molar-refractivity contribution in [1.82, 2.24) is 5.32 Å². The van der Waals surface area contributed by atoms with E-state index in [1.54, 1.807) is 0 Å². The molecule has 2 atom stereocenters. The van der Waals surface area contributed by atoms with Gasteiger partial charge in [-0.25, -0.2) is 4.39 Å². The molecule has 19 heavy (non-hydrogen) atoms. The molecule has 8 heteroatoms. The molecule has 0 aromatic heterocycles. The van der Waals surface area contributed by atoms with Gasteiger partial charge in [0.25, 0.3) is 5.69 Å². The minimum absolute atomic E-state index is 0.135. The lowest BCUT2D eigenvalue weighted by atomic mass is 10.0. The molecule has 1 aromatic rings. The second kappa shape index (κ2) is 6.21. The molecule has 0 saturated carbocycles. The van der Waals surface area contributed by atoms with Crippen LogP contribution in [0.15, 0.2) is 18.2 Å². The molecule has 0 radical (unpaired) electrons. The van der Waals surface area contributed by atoms with E-state index >= 15 is 0 Å². The molecule has 0 fully saturated rings. The first-order valence-corrected chi connectivity index (χ1v) is 5.36. The number of aliphatic hydroxyl groups is 2. The summed E-state index contributed by atoms with van der Waals surface area (Å²) in [7, 11) is 0. The number of halogens is 1. The number of non-ortho nitro benzene ring substituents is 1. The first-order chi connectivity index (χ1) is 8.81. The molecule has 0 heterocycles. The Morgan fingerprint density at radius 1 is 1.47 bits per heavy atom. The number of carbonyl (C=O) groups excluding carboxylic acids is 1. The molecule has 0 aliphatic rings. The fraction of sp³-hybridized carbons (Fsp3) is 0.364. The van der Waals surface area contributed by atoms with Gasteiger partial charge in [-0.2, -0.15) is 0 Å². The third-order valence-electron chi connectivity index (χ3n) is 2.38. The summed E-state index contributed by atoms with van der Waals surface area (Å²) >= 11 is 0. The summed E-state index contributed by atoms with van der Waals surface area (Å²) in [5, 5.41) is 32.1. The topological polar surface area (TPSA) is 113 Å². The first kappa shape index (κ1) is 15.0. The third kappa shape index (κ3) is 4.27. The van der Waals surface area contributed by atoms with Gasteiger partial charge in [0.1, 0.15) is 18.0 Å². The van der Waals surface area contributed by atoms with E-state index < -0.39 is 34.5 Å². The van der Waals surface area contributed by atoms with Crippen LogP contribution in [0.5, 0.6) is 0 Å². The highest BCUT2D eigenvalue weighted by Gasteiger charge is 2.22. The smallest absolute Gasteiger partial charge is 0.272 e. The summed E-state index contributed by atoms with van der Waals surface area (Å²) in [5.74, 6) is -1.30. The average molecular weight is 272 g/mol. The van der Waals surface area contributed by atoms with Crippen LogP contribution in [0.25, 0.3) is 0 Å². The van der Waals surface area contributed by atoms with E-state index in [-0.39, 0.29) is 12.1 Å². The Morgan fingerprint density at radius 3 is 2.63 bits per heavy atom. The Balaban J connectivity index is 2.89. The zero-order valence-corrected chi connectivity index (χ0v) is 10.0. The highest BCUT2D eigenvalue weighted by molar-refractivity contribution is 5.72. The van der Waals surface area contributed by atoms with Crippen LogP contribution in [0.2, 0.25) is 0 Å². The van der Waals surface area contributed by atoms with E-state index in [9.17, 15) is 29.5 Å². The van der Waals surface area contributed by atoms with E-state index in [1.165, 1.54) is 6.92 Å². The molecule has 104 valence electrons. The third-order valence-corrected chi connectivity index (χ3v) is 2.38. The Morgan fingerprint density at radius 2 is 2.11 bits per heavy atom. The Bertz CT molecular complexity index is 494. The Hall–Kier alpha value is -2.06. The summed E-state index contributed by atoms with van der Waals surface area (Å²) in [6.07, 6.45) is -2.94. The van der Waals surface area contributed by atoms with E-state index in [0.29, 0.717) is 6.07 Å². The Kier molecular flexibility index (Phi) is 4.90. The molecule has 1 rings (SSSR count). The van der Waals surface area contributed by atoms with Gasteiger partial charge >= 0.3 is 0 Å². The van der Waals surface area contributed by atoms with Gasteiger partial charge in [-0.1, -0.05) is 0 Å². The quantitative estimate of drug-likeness (QED) is 0.526. The van der Waals surface area contributed by atoms with Crippen molar-refractivity contribution in [3.63, 3.8) is 0 Å². The SMILES string of the molecule is CC(=O)NCC(O)C(O)c1cc(F)cc([N+](=O)[O-])c1. The van der Waals surface area contributed by atoms with Crippen molar-refractivity contribution in [1.29, 1.82) is 0 Å². The highest BCUT2D eigenvalue weighted by atomic mass is 19.1. The van der Waals surface area contributed by atoms with Gasteiger partial charge in [-0.3, -0.25) is 14.9 Å². The van der Waals surface area contributed by atoms with Crippen LogP contribution in [0.1, 0.15) is 18.6 Å². The number of amides is 1. The summed E-state index contributed by atoms with van der Waals surface area (Å²) in [4.78, 5) is 20.4. The van der Waals surface area contributed by atoms with E-state index in [0.717, 1.165) is 12.1 Å². The van der Waals surface area contributed by atoms with Crippen LogP contribution < -0.4 is 5.32 Å². The van der Waals surface area contributed by atoms with E-state index in [2.05, 4.69) is 5.32 Å². The second-order valence-electron chi connectivity index (χ2n) is 3.95. The number of nitro groups is 1. The molecule has 3 N–H and O–H groups in total. The van der Waals surface area contributed by atoms with Crippen molar-refractivity contribution >= 4 is 11.6 Å². The maximum absolute atomic E-state index is 13.2. The number of hydrogen-bond donors (Lipinski definition) is 3. The molecule has 0 saturated heterocycles. The molecular weight excluding hydrogens is 259 g/mol. The lowest BCUT2D eigenvalue weighted by Crippen LogP contribution is -2.34. The zero-order valence-electron chi connectivity index (χ0n) is 10.0. The van der Waals surface area contributed by atoms with Crippen LogP contribution in [-0.4, -0.2) is 33.7 Å². The van der Waals surface area contributed by atoms with Crippen LogP contribution in [-0.2, 0) is 4.79 Å². The summed E-state index contributed by atoms with van der Waals surface area (Å²) in [6.45, 7) is 0.979. The second-order valence-corrected chi connectivity index (χ2v) is 3.95. The van der Waals surface area contributed by atoms with Crippen LogP contribution in [0.3, 0.4) is 0 Å². The summed E-state index contributed by atoms with van der Waals surface area (Å²) in [5.41, 5.74) is -0.662. The Labute approximate surface area is 107 Å². The zero-order chi connectivity index (χ0) is 14.6. The van der Waals surface area contributed by atoms with Gasteiger partial charge in [-0.15, -0.1) is 0 Å². The number of hydrogen-bond acceptors (Lipinski definition) is 5. The van der Waals surface area contributed by atoms with Crippen molar-refractivity contribution in [3.8, 4) is 0 Å². The lowest BCUT2D eigenvalue weighted by molar-refractivity contribution is -0.385. The van der Waals surface area contributed by atoms with Crippen molar-refractivity contribution in [2.24, 2.45) is 0 Å². The highest BCUT2D eigenvalue weighted by Crippen LogP contribution is 2.23. The number of nitrogens with zero attached hydrogens (tertiary/aromatic N) is 1. The van der Waals surface area contributed by atoms with Gasteiger partial charge in [0.15, 0.2) is 0 Å². The molecule has 0 bridgehead atoms. The standard InChI is InChI=1S/C11H13FN2O5/c1-6(15)13-5-10(16)11(17)7-2-8(12)4-9(3-7)14(18)19/h2-4,10-11,16-17H,5H2,1H3,(H,13,15). The predicted molar refractivity (Wildman–Crippen MR) is 62.7 cm³/mol. The van der Waals surface area contributed by atoms with Crippen molar-refractivity contribution in [2.75, 3.05) is 6.54 Å². The van der Waals surface area contributed by atoms with Gasteiger partial charge in [0.05, 0.1) is 11.0 Å². The number of benzene rings is 1. The molecule has 0 aliphatic heterocycles. The first-order valence-electron chi connectivity index (χ1n) is 5.36. The summed E-state index contributed by atoms with van der Waals surface area (Å²) < 4.78 is 13.2. The fourth-order valence-corrected chi connectivity index (χ4v) is 1.45. The molecule has 1 amide bonds. The minimum atomic E-state index is -1.54. The van der Waals surface area contributed by atoms with Gasteiger partial charge in [-0.05, 0) is 11.6 Å². The maximum atomic E-state index is 13.2. The monoisotopic (exact) mass is 272 g/mol. The normalized spacial score (nSPS) is 13.7.